The van der Waals surface area contributed by atoms with Crippen molar-refractivity contribution in [2.75, 3.05) is 5.43 Å². The van der Waals surface area contributed by atoms with Gasteiger partial charge in [0.1, 0.15) is 11.7 Å². The zero-order valence-corrected chi connectivity index (χ0v) is 16.3. The van der Waals surface area contributed by atoms with Crippen LogP contribution in [0.5, 0.6) is 0 Å². The highest BCUT2D eigenvalue weighted by atomic mass is 16.6. The first kappa shape index (κ1) is 20.9. The lowest BCUT2D eigenvalue weighted by atomic mass is 9.86. The van der Waals surface area contributed by atoms with Crippen LogP contribution in [0.3, 0.4) is 0 Å². The number of rotatable bonds is 6. The number of amides is 2. The average Bonchev–Trinajstić information content (AvgIpc) is 2.65. The first-order chi connectivity index (χ1) is 13.1. The molecule has 0 bridgehead atoms. The molecule has 3 N–H and O–H groups in total. The number of hydrazine groups is 1. The van der Waals surface area contributed by atoms with E-state index in [0.717, 1.165) is 5.56 Å². The van der Waals surface area contributed by atoms with Gasteiger partial charge >= 0.3 is 0 Å². The summed E-state index contributed by atoms with van der Waals surface area (Å²) in [5.41, 5.74) is 6.40. The Kier molecular flexibility index (Phi) is 6.35. The maximum Gasteiger partial charge on any atom is 0.294 e. The molecule has 1 atom stereocenters. The smallest absolute Gasteiger partial charge is 0.294 e. The molecule has 148 valence electrons. The lowest BCUT2D eigenvalue weighted by Gasteiger charge is -2.19. The average molecular weight is 384 g/mol. The Hall–Kier alpha value is -3.42. The van der Waals surface area contributed by atoms with E-state index < -0.39 is 16.9 Å². The number of hydrogen-bond donors (Lipinski definition) is 3. The number of nitro groups is 1. The van der Waals surface area contributed by atoms with E-state index >= 15 is 0 Å². The van der Waals surface area contributed by atoms with Crippen LogP contribution in [0.25, 0.3) is 0 Å². The predicted octanol–water partition coefficient (Wildman–Crippen LogP) is 3.15. The molecule has 0 heterocycles. The molecule has 0 aliphatic rings. The van der Waals surface area contributed by atoms with E-state index in [1.54, 1.807) is 18.2 Å². The third kappa shape index (κ3) is 5.29. The van der Waals surface area contributed by atoms with Gasteiger partial charge in [0.15, 0.2) is 0 Å². The molecule has 0 aliphatic heterocycles. The predicted molar refractivity (Wildman–Crippen MR) is 107 cm³/mol. The fraction of sp³-hybridized carbons (Fsp3) is 0.300. The molecule has 2 aromatic carbocycles. The molecule has 1 unspecified atom stereocenters. The van der Waals surface area contributed by atoms with Gasteiger partial charge in [-0.2, -0.15) is 0 Å². The third-order valence-electron chi connectivity index (χ3n) is 4.18. The van der Waals surface area contributed by atoms with Crippen molar-refractivity contribution in [1.82, 2.24) is 10.7 Å². The Labute approximate surface area is 163 Å². The topological polar surface area (TPSA) is 113 Å². The molecule has 0 saturated heterocycles. The van der Waals surface area contributed by atoms with Crippen LogP contribution >= 0.6 is 0 Å². The minimum atomic E-state index is -0.843. The molecular formula is C20H24N4O4. The Morgan fingerprint density at radius 3 is 2.21 bits per heavy atom. The number of hydrogen-bond acceptors (Lipinski definition) is 5. The minimum Gasteiger partial charge on any atom is -0.340 e. The van der Waals surface area contributed by atoms with Crippen molar-refractivity contribution in [3.8, 4) is 0 Å². The largest absolute Gasteiger partial charge is 0.340 e. The van der Waals surface area contributed by atoms with Crippen molar-refractivity contribution in [3.63, 3.8) is 0 Å². The van der Waals surface area contributed by atoms with Crippen molar-refractivity contribution in [2.45, 2.75) is 39.2 Å². The second kappa shape index (κ2) is 8.51. The molecule has 0 spiro atoms. The molecular weight excluding hydrogens is 360 g/mol. The monoisotopic (exact) mass is 384 g/mol. The van der Waals surface area contributed by atoms with Gasteiger partial charge in [-0.05, 0) is 36.1 Å². The number of nitro benzene ring substituents is 1. The van der Waals surface area contributed by atoms with Gasteiger partial charge in [-0.3, -0.25) is 30.6 Å². The van der Waals surface area contributed by atoms with Crippen LogP contribution < -0.4 is 16.2 Å². The highest BCUT2D eigenvalue weighted by Crippen LogP contribution is 2.23. The fourth-order valence-corrected chi connectivity index (χ4v) is 2.44. The molecule has 2 rings (SSSR count). The van der Waals surface area contributed by atoms with Gasteiger partial charge in [-0.1, -0.05) is 45.0 Å². The van der Waals surface area contributed by atoms with Crippen molar-refractivity contribution in [2.24, 2.45) is 0 Å². The van der Waals surface area contributed by atoms with Crippen LogP contribution in [0, 0.1) is 10.1 Å². The van der Waals surface area contributed by atoms with Crippen LogP contribution in [-0.2, 0) is 10.2 Å². The van der Waals surface area contributed by atoms with Gasteiger partial charge in [0.2, 0.25) is 0 Å². The molecule has 28 heavy (non-hydrogen) atoms. The number of carbonyl (C=O) groups is 2. The lowest BCUT2D eigenvalue weighted by molar-refractivity contribution is -0.384. The molecule has 0 aliphatic carbocycles. The normalized spacial score (nSPS) is 12.0. The van der Waals surface area contributed by atoms with Gasteiger partial charge < -0.3 is 5.32 Å². The number of benzene rings is 2. The van der Waals surface area contributed by atoms with Gasteiger partial charge in [-0.15, -0.1) is 0 Å². The Bertz CT molecular complexity index is 873. The minimum absolute atomic E-state index is 0.0199. The molecule has 0 aromatic heterocycles. The van der Waals surface area contributed by atoms with Crippen molar-refractivity contribution < 1.29 is 14.5 Å². The zero-order valence-electron chi connectivity index (χ0n) is 16.3. The van der Waals surface area contributed by atoms with Gasteiger partial charge in [-0.25, -0.2) is 0 Å². The van der Waals surface area contributed by atoms with E-state index in [-0.39, 0.29) is 22.7 Å². The molecule has 8 nitrogen and oxygen atoms in total. The number of nitrogens with zero attached hydrogens (tertiary/aromatic N) is 1. The summed E-state index contributed by atoms with van der Waals surface area (Å²) in [5, 5.41) is 13.6. The van der Waals surface area contributed by atoms with Crippen LogP contribution in [0.1, 0.15) is 43.6 Å². The molecule has 8 heteroatoms. The van der Waals surface area contributed by atoms with Crippen LogP contribution in [0.4, 0.5) is 11.4 Å². The zero-order chi connectivity index (χ0) is 20.9. The van der Waals surface area contributed by atoms with Gasteiger partial charge in [0.25, 0.3) is 17.5 Å². The van der Waals surface area contributed by atoms with E-state index in [9.17, 15) is 19.7 Å². The van der Waals surface area contributed by atoms with Crippen LogP contribution in [-0.4, -0.2) is 22.8 Å². The van der Waals surface area contributed by atoms with Gasteiger partial charge in [0, 0.05) is 11.6 Å². The second-order valence-electron chi connectivity index (χ2n) is 7.41. The Morgan fingerprint density at radius 1 is 1.04 bits per heavy atom. The Balaban J connectivity index is 1.95. The van der Waals surface area contributed by atoms with E-state index in [1.165, 1.54) is 25.1 Å². The maximum absolute atomic E-state index is 12.3. The summed E-state index contributed by atoms with van der Waals surface area (Å²) in [6.07, 6.45) is 0. The summed E-state index contributed by atoms with van der Waals surface area (Å²) in [4.78, 5) is 35.0. The van der Waals surface area contributed by atoms with E-state index in [2.05, 4.69) is 36.9 Å². The first-order valence-electron chi connectivity index (χ1n) is 8.80. The maximum atomic E-state index is 12.3. The summed E-state index contributed by atoms with van der Waals surface area (Å²) >= 11 is 0. The van der Waals surface area contributed by atoms with E-state index in [0.29, 0.717) is 5.56 Å². The summed E-state index contributed by atoms with van der Waals surface area (Å²) in [6.45, 7) is 7.77. The van der Waals surface area contributed by atoms with E-state index in [4.69, 9.17) is 0 Å². The summed E-state index contributed by atoms with van der Waals surface area (Å²) < 4.78 is 0. The van der Waals surface area contributed by atoms with Crippen molar-refractivity contribution >= 4 is 23.2 Å². The molecule has 0 fully saturated rings. The second-order valence-corrected chi connectivity index (χ2v) is 7.41. The number of para-hydroxylation sites is 2. The summed E-state index contributed by atoms with van der Waals surface area (Å²) in [5.74, 6) is -0.911. The number of anilines is 1. The molecule has 0 saturated carbocycles. The fourth-order valence-electron chi connectivity index (χ4n) is 2.44. The van der Waals surface area contributed by atoms with Gasteiger partial charge in [0.05, 0.1) is 4.92 Å². The third-order valence-corrected chi connectivity index (χ3v) is 4.18. The first-order valence-corrected chi connectivity index (χ1v) is 8.80. The lowest BCUT2D eigenvalue weighted by Crippen LogP contribution is -2.46. The highest BCUT2D eigenvalue weighted by Gasteiger charge is 2.19. The SMILES string of the molecule is CC(NC(=O)c1ccc(C(C)(C)C)cc1)C(=O)NNc1ccccc1[N+](=O)[O-]. The van der Waals surface area contributed by atoms with Crippen molar-refractivity contribution in [1.29, 1.82) is 0 Å². The van der Waals surface area contributed by atoms with E-state index in [1.807, 2.05) is 12.1 Å². The molecule has 0 radical (unpaired) electrons. The number of carbonyl (C=O) groups excluding carboxylic acids is 2. The van der Waals surface area contributed by atoms with Crippen LogP contribution in [0.15, 0.2) is 48.5 Å². The quantitative estimate of drug-likeness (QED) is 0.523. The molecule has 2 amide bonds. The number of nitrogens with one attached hydrogen (secondary N) is 3. The van der Waals surface area contributed by atoms with Crippen LogP contribution in [0.2, 0.25) is 0 Å². The standard InChI is InChI=1S/C20H24N4O4/c1-13(18(25)23-22-16-7-5-6-8-17(16)24(27)28)21-19(26)14-9-11-15(12-10-14)20(2,3)4/h5-13,22H,1-4H3,(H,21,26)(H,23,25). The summed E-state index contributed by atoms with van der Waals surface area (Å²) in [6, 6.07) is 12.3. The summed E-state index contributed by atoms with van der Waals surface area (Å²) in [7, 11) is 0. The highest BCUT2D eigenvalue weighted by molar-refractivity contribution is 5.97. The Morgan fingerprint density at radius 2 is 1.64 bits per heavy atom. The molecule has 2 aromatic rings. The van der Waals surface area contributed by atoms with Crippen molar-refractivity contribution in [3.05, 3.63) is 69.8 Å².